The number of fused-ring (bicyclic) bond motifs is 3. The van der Waals surface area contributed by atoms with Gasteiger partial charge in [0.25, 0.3) is 0 Å². The molecule has 144 valence electrons. The standard InChI is InChI=1S/C20H23BrFN3OS/c1-24-17(4-6-23-13-5-7-26-10-13)18-15-9-20(15,11-25(18)19(24)27)14-8-12(21)2-3-16(14)22/h2-3,8,13,15,23H,4-7,9-11H2,1H3/t13-,15?,20-/m1/s1. The second-order valence-electron chi connectivity index (χ2n) is 8.06. The van der Waals surface area contributed by atoms with Gasteiger partial charge >= 0.3 is 0 Å². The lowest BCUT2D eigenvalue weighted by atomic mass is 9.93. The lowest BCUT2D eigenvalue weighted by molar-refractivity contribution is 0.190. The number of nitrogens with one attached hydrogen (secondary N) is 1. The van der Waals surface area contributed by atoms with E-state index in [0.717, 1.165) is 60.4 Å². The highest BCUT2D eigenvalue weighted by molar-refractivity contribution is 9.10. The smallest absolute Gasteiger partial charge is 0.180 e. The molecule has 1 N–H and O–H groups in total. The average molecular weight is 452 g/mol. The molecule has 0 amide bonds. The molecule has 1 saturated carbocycles. The Morgan fingerprint density at radius 3 is 3.07 bits per heavy atom. The zero-order valence-corrected chi connectivity index (χ0v) is 17.7. The fraction of sp³-hybridized carbons (Fsp3) is 0.550. The van der Waals surface area contributed by atoms with Gasteiger partial charge in [0.1, 0.15) is 5.82 Å². The summed E-state index contributed by atoms with van der Waals surface area (Å²) in [5.41, 5.74) is 3.33. The van der Waals surface area contributed by atoms with Gasteiger partial charge in [-0.05, 0) is 48.8 Å². The summed E-state index contributed by atoms with van der Waals surface area (Å²) in [6.07, 6.45) is 3.03. The van der Waals surface area contributed by atoms with Crippen molar-refractivity contribution in [3.8, 4) is 0 Å². The molecule has 3 aliphatic rings. The third-order valence-corrected chi connectivity index (χ3v) is 7.53. The summed E-state index contributed by atoms with van der Waals surface area (Å²) in [7, 11) is 2.06. The van der Waals surface area contributed by atoms with Gasteiger partial charge in [0.05, 0.1) is 6.61 Å². The lowest BCUT2D eigenvalue weighted by Crippen LogP contribution is -2.31. The Hall–Kier alpha value is -1.02. The minimum atomic E-state index is -0.119. The van der Waals surface area contributed by atoms with Gasteiger partial charge in [-0.3, -0.25) is 0 Å². The second kappa shape index (κ2) is 6.51. The molecule has 1 saturated heterocycles. The van der Waals surface area contributed by atoms with Crippen LogP contribution in [0.5, 0.6) is 0 Å². The van der Waals surface area contributed by atoms with Crippen LogP contribution >= 0.6 is 28.1 Å². The van der Waals surface area contributed by atoms with Crippen LogP contribution in [0.4, 0.5) is 4.39 Å². The van der Waals surface area contributed by atoms with Crippen molar-refractivity contribution >= 4 is 28.1 Å². The van der Waals surface area contributed by atoms with E-state index in [2.05, 4.69) is 37.4 Å². The van der Waals surface area contributed by atoms with Gasteiger partial charge in [0.2, 0.25) is 0 Å². The molecular formula is C20H23BrFN3OS. The molecule has 2 aliphatic heterocycles. The highest BCUT2D eigenvalue weighted by atomic mass is 79.9. The Labute approximate surface area is 171 Å². The highest BCUT2D eigenvalue weighted by Crippen LogP contribution is 2.66. The van der Waals surface area contributed by atoms with Crippen molar-refractivity contribution in [3.05, 3.63) is 50.2 Å². The fourth-order valence-electron chi connectivity index (χ4n) is 5.04. The van der Waals surface area contributed by atoms with Gasteiger partial charge in [0.15, 0.2) is 4.77 Å². The van der Waals surface area contributed by atoms with E-state index in [1.165, 1.54) is 11.4 Å². The molecule has 3 atom stereocenters. The van der Waals surface area contributed by atoms with Crippen molar-refractivity contribution in [3.63, 3.8) is 0 Å². The first-order chi connectivity index (χ1) is 13.0. The first-order valence-corrected chi connectivity index (χ1v) is 10.8. The monoisotopic (exact) mass is 451 g/mol. The number of benzene rings is 1. The maximum atomic E-state index is 14.6. The van der Waals surface area contributed by atoms with Crippen LogP contribution in [0.25, 0.3) is 0 Å². The number of imidazole rings is 1. The molecular weight excluding hydrogens is 429 g/mol. The minimum Gasteiger partial charge on any atom is -0.380 e. The molecule has 5 rings (SSSR count). The Morgan fingerprint density at radius 1 is 1.44 bits per heavy atom. The van der Waals surface area contributed by atoms with E-state index in [4.69, 9.17) is 17.0 Å². The van der Waals surface area contributed by atoms with Gasteiger partial charge in [-0.25, -0.2) is 4.39 Å². The van der Waals surface area contributed by atoms with Crippen LogP contribution in [0.1, 0.15) is 35.7 Å². The van der Waals surface area contributed by atoms with Gasteiger partial charge in [-0.2, -0.15) is 0 Å². The SMILES string of the molecule is Cn1c(CCN[C@@H]2CCOC2)c2n(c1=S)C[C@@]1(c3cc(Br)ccc3F)CC21. The van der Waals surface area contributed by atoms with Crippen LogP contribution in [0, 0.1) is 10.6 Å². The molecule has 0 radical (unpaired) electrons. The highest BCUT2D eigenvalue weighted by Gasteiger charge is 2.63. The number of rotatable bonds is 5. The number of ether oxygens (including phenoxy) is 1. The molecule has 2 aromatic rings. The third-order valence-electron chi connectivity index (χ3n) is 6.54. The van der Waals surface area contributed by atoms with Crippen molar-refractivity contribution in [2.45, 2.75) is 43.2 Å². The molecule has 3 heterocycles. The van der Waals surface area contributed by atoms with E-state index in [1.807, 2.05) is 6.07 Å². The van der Waals surface area contributed by atoms with Gasteiger partial charge in [0, 0.05) is 66.4 Å². The van der Waals surface area contributed by atoms with Crippen LogP contribution in [-0.2, 0) is 30.2 Å². The molecule has 4 nitrogen and oxygen atoms in total. The summed E-state index contributed by atoms with van der Waals surface area (Å²) in [5.74, 6) is 0.264. The molecule has 1 unspecified atom stereocenters. The summed E-state index contributed by atoms with van der Waals surface area (Å²) in [4.78, 5) is 0. The van der Waals surface area contributed by atoms with Gasteiger partial charge in [-0.1, -0.05) is 15.9 Å². The van der Waals surface area contributed by atoms with Gasteiger partial charge in [-0.15, -0.1) is 0 Å². The Balaban J connectivity index is 1.42. The maximum Gasteiger partial charge on any atom is 0.180 e. The van der Waals surface area contributed by atoms with Gasteiger partial charge < -0.3 is 19.2 Å². The largest absolute Gasteiger partial charge is 0.380 e. The zero-order chi connectivity index (χ0) is 18.8. The molecule has 7 heteroatoms. The molecule has 1 aliphatic carbocycles. The van der Waals surface area contributed by atoms with E-state index < -0.39 is 0 Å². The molecule has 1 aromatic carbocycles. The van der Waals surface area contributed by atoms with Crippen LogP contribution in [0.15, 0.2) is 22.7 Å². The third kappa shape index (κ3) is 2.77. The van der Waals surface area contributed by atoms with Crippen molar-refractivity contribution in [1.82, 2.24) is 14.5 Å². The predicted molar refractivity (Wildman–Crippen MR) is 108 cm³/mol. The van der Waals surface area contributed by atoms with Crippen LogP contribution in [-0.4, -0.2) is 34.9 Å². The first-order valence-electron chi connectivity index (χ1n) is 9.56. The zero-order valence-electron chi connectivity index (χ0n) is 15.3. The maximum absolute atomic E-state index is 14.6. The Morgan fingerprint density at radius 2 is 2.30 bits per heavy atom. The second-order valence-corrected chi connectivity index (χ2v) is 9.34. The number of hydrogen-bond acceptors (Lipinski definition) is 3. The summed E-state index contributed by atoms with van der Waals surface area (Å²) in [6, 6.07) is 5.75. The summed E-state index contributed by atoms with van der Waals surface area (Å²) in [6.45, 7) is 3.36. The number of halogens is 2. The Kier molecular flexibility index (Phi) is 4.35. The molecule has 0 spiro atoms. The molecule has 27 heavy (non-hydrogen) atoms. The van der Waals surface area contributed by atoms with E-state index in [-0.39, 0.29) is 11.2 Å². The summed E-state index contributed by atoms with van der Waals surface area (Å²) >= 11 is 9.21. The van der Waals surface area contributed by atoms with Crippen LogP contribution in [0.2, 0.25) is 0 Å². The topological polar surface area (TPSA) is 31.1 Å². The number of hydrogen-bond donors (Lipinski definition) is 1. The number of nitrogens with zero attached hydrogens (tertiary/aromatic N) is 2. The average Bonchev–Trinajstić information content (AvgIpc) is 2.97. The molecule has 1 aromatic heterocycles. The van der Waals surface area contributed by atoms with Crippen molar-refractivity contribution in [1.29, 1.82) is 0 Å². The predicted octanol–water partition coefficient (Wildman–Crippen LogP) is 3.82. The normalized spacial score (nSPS) is 28.4. The Bertz CT molecular complexity index is 965. The van der Waals surface area contributed by atoms with E-state index in [1.54, 1.807) is 12.1 Å². The van der Waals surface area contributed by atoms with Crippen molar-refractivity contribution in [2.75, 3.05) is 19.8 Å². The lowest BCUT2D eigenvalue weighted by Gasteiger charge is -2.15. The van der Waals surface area contributed by atoms with E-state index in [0.29, 0.717) is 12.0 Å². The summed E-state index contributed by atoms with van der Waals surface area (Å²) < 4.78 is 26.2. The number of aromatic nitrogens is 2. The van der Waals surface area contributed by atoms with Crippen LogP contribution in [0.3, 0.4) is 0 Å². The quantitative estimate of drug-likeness (QED) is 0.701. The van der Waals surface area contributed by atoms with E-state index in [9.17, 15) is 4.39 Å². The first kappa shape index (κ1) is 18.0. The molecule has 2 fully saturated rings. The fourth-order valence-corrected chi connectivity index (χ4v) is 5.67. The molecule has 0 bridgehead atoms. The van der Waals surface area contributed by atoms with Crippen molar-refractivity contribution < 1.29 is 9.13 Å². The van der Waals surface area contributed by atoms with E-state index >= 15 is 0 Å². The van der Waals surface area contributed by atoms with Crippen molar-refractivity contribution in [2.24, 2.45) is 7.05 Å². The summed E-state index contributed by atoms with van der Waals surface area (Å²) in [5, 5.41) is 3.60. The minimum absolute atomic E-state index is 0.105. The van der Waals surface area contributed by atoms with Crippen LogP contribution < -0.4 is 5.32 Å².